The van der Waals surface area contributed by atoms with Gasteiger partial charge in [-0.1, -0.05) is 48.0 Å². The Morgan fingerprint density at radius 3 is 2.87 bits per heavy atom. The van der Waals surface area contributed by atoms with Crippen molar-refractivity contribution >= 4 is 23.0 Å². The summed E-state index contributed by atoms with van der Waals surface area (Å²) < 4.78 is 0. The number of nitro benzene ring substituents is 1. The SMILES string of the molecule is O=[N+]([O-])c1cccc(C2Nc3c(Cl)cccc3C3C=CCC32)c1. The first-order valence-electron chi connectivity index (χ1n) is 7.61. The second-order valence-corrected chi connectivity index (χ2v) is 6.44. The quantitative estimate of drug-likeness (QED) is 0.476. The highest BCUT2D eigenvalue weighted by atomic mass is 35.5. The predicted molar refractivity (Wildman–Crippen MR) is 90.9 cm³/mol. The standard InChI is InChI=1S/C18H15ClN2O2/c19-16-9-3-8-15-13-6-2-7-14(13)17(20-18(15)16)11-4-1-5-12(10-11)21(22)23/h1-6,8-10,13-14,17,20H,7H2. The number of hydrogen-bond donors (Lipinski definition) is 1. The van der Waals surface area contributed by atoms with E-state index in [1.54, 1.807) is 12.1 Å². The number of nitro groups is 1. The summed E-state index contributed by atoms with van der Waals surface area (Å²) in [7, 11) is 0. The van der Waals surface area contributed by atoms with Gasteiger partial charge in [-0.25, -0.2) is 0 Å². The van der Waals surface area contributed by atoms with E-state index in [0.29, 0.717) is 16.9 Å². The topological polar surface area (TPSA) is 55.2 Å². The summed E-state index contributed by atoms with van der Waals surface area (Å²) >= 11 is 6.37. The molecule has 2 aromatic rings. The lowest BCUT2D eigenvalue weighted by Gasteiger charge is -2.37. The number of para-hydroxylation sites is 1. The van der Waals surface area contributed by atoms with Crippen LogP contribution in [-0.4, -0.2) is 4.92 Å². The molecule has 0 fully saturated rings. The van der Waals surface area contributed by atoms with Crippen LogP contribution < -0.4 is 5.32 Å². The van der Waals surface area contributed by atoms with Gasteiger partial charge in [0.25, 0.3) is 5.69 Å². The number of anilines is 1. The van der Waals surface area contributed by atoms with E-state index in [1.807, 2.05) is 18.2 Å². The molecule has 0 saturated heterocycles. The van der Waals surface area contributed by atoms with Gasteiger partial charge in [0.2, 0.25) is 0 Å². The number of allylic oxidation sites excluding steroid dienone is 2. The third-order valence-corrected chi connectivity index (χ3v) is 5.10. The molecule has 0 amide bonds. The van der Waals surface area contributed by atoms with Gasteiger partial charge in [-0.05, 0) is 29.5 Å². The first-order valence-corrected chi connectivity index (χ1v) is 7.99. The molecule has 0 radical (unpaired) electrons. The van der Waals surface area contributed by atoms with Crippen molar-refractivity contribution < 1.29 is 4.92 Å². The molecule has 1 heterocycles. The number of non-ortho nitro benzene ring substituents is 1. The lowest BCUT2D eigenvalue weighted by atomic mass is 9.77. The average Bonchev–Trinajstić information content (AvgIpc) is 3.04. The molecule has 3 unspecified atom stereocenters. The summed E-state index contributed by atoms with van der Waals surface area (Å²) in [5.41, 5.74) is 3.21. The van der Waals surface area contributed by atoms with Crippen LogP contribution in [0.1, 0.15) is 29.5 Å². The van der Waals surface area contributed by atoms with Gasteiger partial charge in [-0.2, -0.15) is 0 Å². The minimum Gasteiger partial charge on any atom is -0.376 e. The zero-order valence-electron chi connectivity index (χ0n) is 12.3. The van der Waals surface area contributed by atoms with Gasteiger partial charge in [-0.15, -0.1) is 0 Å². The lowest BCUT2D eigenvalue weighted by Crippen LogP contribution is -2.29. The third kappa shape index (κ3) is 2.30. The highest BCUT2D eigenvalue weighted by Gasteiger charge is 2.38. The summed E-state index contributed by atoms with van der Waals surface area (Å²) in [5, 5.41) is 15.3. The Kier molecular flexibility index (Phi) is 3.34. The van der Waals surface area contributed by atoms with Crippen molar-refractivity contribution in [3.63, 3.8) is 0 Å². The van der Waals surface area contributed by atoms with Crippen LogP contribution >= 0.6 is 11.6 Å². The molecule has 4 nitrogen and oxygen atoms in total. The maximum Gasteiger partial charge on any atom is 0.269 e. The van der Waals surface area contributed by atoms with Crippen LogP contribution in [0.2, 0.25) is 5.02 Å². The lowest BCUT2D eigenvalue weighted by molar-refractivity contribution is -0.384. The van der Waals surface area contributed by atoms with Crippen LogP contribution in [0, 0.1) is 16.0 Å². The number of fused-ring (bicyclic) bond motifs is 3. The fourth-order valence-corrected chi connectivity index (χ4v) is 3.98. The highest BCUT2D eigenvalue weighted by molar-refractivity contribution is 6.33. The minimum atomic E-state index is -0.350. The van der Waals surface area contributed by atoms with Crippen LogP contribution in [0.3, 0.4) is 0 Å². The molecule has 1 N–H and O–H groups in total. The number of hydrogen-bond acceptors (Lipinski definition) is 3. The number of nitrogens with zero attached hydrogens (tertiary/aromatic N) is 1. The van der Waals surface area contributed by atoms with E-state index in [-0.39, 0.29) is 16.7 Å². The van der Waals surface area contributed by atoms with Gasteiger partial charge in [0, 0.05) is 18.1 Å². The second-order valence-electron chi connectivity index (χ2n) is 6.03. The number of halogens is 1. The maximum absolute atomic E-state index is 11.1. The van der Waals surface area contributed by atoms with Gasteiger partial charge in [0.05, 0.1) is 21.7 Å². The highest BCUT2D eigenvalue weighted by Crippen LogP contribution is 2.51. The normalized spacial score (nSPS) is 24.7. The van der Waals surface area contributed by atoms with Crippen LogP contribution in [0.15, 0.2) is 54.6 Å². The molecule has 0 spiro atoms. The number of benzene rings is 2. The van der Waals surface area contributed by atoms with Crippen molar-refractivity contribution in [2.75, 3.05) is 5.32 Å². The van der Waals surface area contributed by atoms with E-state index < -0.39 is 0 Å². The van der Waals surface area contributed by atoms with E-state index in [1.165, 1.54) is 11.6 Å². The summed E-state index contributed by atoms with van der Waals surface area (Å²) in [4.78, 5) is 10.7. The Labute approximate surface area is 138 Å². The molecule has 2 aromatic carbocycles. The molecule has 0 bridgehead atoms. The third-order valence-electron chi connectivity index (χ3n) is 4.79. The summed E-state index contributed by atoms with van der Waals surface area (Å²) in [6, 6.07) is 12.8. The van der Waals surface area contributed by atoms with Gasteiger partial charge in [0.1, 0.15) is 0 Å². The van der Waals surface area contributed by atoms with Crippen LogP contribution in [-0.2, 0) is 0 Å². The monoisotopic (exact) mass is 326 g/mol. The molecule has 1 aliphatic carbocycles. The van der Waals surface area contributed by atoms with Gasteiger partial charge in [0.15, 0.2) is 0 Å². The second kappa shape index (κ2) is 5.39. The van der Waals surface area contributed by atoms with E-state index in [0.717, 1.165) is 17.7 Å². The molecule has 3 atom stereocenters. The van der Waals surface area contributed by atoms with Crippen molar-refractivity contribution in [3.05, 3.63) is 80.9 Å². The summed E-state index contributed by atoms with van der Waals surface area (Å²) in [6.45, 7) is 0. The average molecular weight is 327 g/mol. The molecule has 1 aliphatic heterocycles. The zero-order chi connectivity index (χ0) is 16.0. The van der Waals surface area contributed by atoms with Crippen molar-refractivity contribution in [2.24, 2.45) is 5.92 Å². The van der Waals surface area contributed by atoms with E-state index in [9.17, 15) is 10.1 Å². The maximum atomic E-state index is 11.1. The molecular formula is C18H15ClN2O2. The first kappa shape index (κ1) is 14.3. The Balaban J connectivity index is 1.80. The van der Waals surface area contributed by atoms with Gasteiger partial charge in [-0.3, -0.25) is 10.1 Å². The van der Waals surface area contributed by atoms with Crippen molar-refractivity contribution in [2.45, 2.75) is 18.4 Å². The van der Waals surface area contributed by atoms with E-state index in [2.05, 4.69) is 23.5 Å². The van der Waals surface area contributed by atoms with Crippen molar-refractivity contribution in [3.8, 4) is 0 Å². The molecular weight excluding hydrogens is 312 g/mol. The Hall–Kier alpha value is -2.33. The van der Waals surface area contributed by atoms with Crippen molar-refractivity contribution in [1.29, 1.82) is 0 Å². The Morgan fingerprint density at radius 2 is 2.04 bits per heavy atom. The minimum absolute atomic E-state index is 0.0160. The molecule has 4 rings (SSSR count). The Morgan fingerprint density at radius 1 is 1.22 bits per heavy atom. The van der Waals surface area contributed by atoms with Crippen molar-refractivity contribution in [1.82, 2.24) is 0 Å². The molecule has 23 heavy (non-hydrogen) atoms. The molecule has 0 saturated carbocycles. The smallest absolute Gasteiger partial charge is 0.269 e. The number of rotatable bonds is 2. The molecule has 2 aliphatic rings. The Bertz CT molecular complexity index is 818. The van der Waals surface area contributed by atoms with Crippen LogP contribution in [0.4, 0.5) is 11.4 Å². The summed E-state index contributed by atoms with van der Waals surface area (Å²) in [6.07, 6.45) is 5.37. The molecule has 0 aromatic heterocycles. The van der Waals surface area contributed by atoms with E-state index in [4.69, 9.17) is 11.6 Å². The molecule has 116 valence electrons. The zero-order valence-corrected chi connectivity index (χ0v) is 13.0. The predicted octanol–water partition coefficient (Wildman–Crippen LogP) is 5.07. The molecule has 5 heteroatoms. The largest absolute Gasteiger partial charge is 0.376 e. The van der Waals surface area contributed by atoms with Crippen LogP contribution in [0.5, 0.6) is 0 Å². The summed E-state index contributed by atoms with van der Waals surface area (Å²) in [5.74, 6) is 0.650. The fourth-order valence-electron chi connectivity index (χ4n) is 3.75. The van der Waals surface area contributed by atoms with Gasteiger partial charge >= 0.3 is 0 Å². The van der Waals surface area contributed by atoms with E-state index >= 15 is 0 Å². The van der Waals surface area contributed by atoms with Crippen LogP contribution in [0.25, 0.3) is 0 Å². The van der Waals surface area contributed by atoms with Gasteiger partial charge < -0.3 is 5.32 Å². The fraction of sp³-hybridized carbons (Fsp3) is 0.222. The first-order chi connectivity index (χ1) is 11.1. The number of nitrogens with one attached hydrogen (secondary N) is 1.